The minimum absolute atomic E-state index is 0.0682. The first-order valence-electron chi connectivity index (χ1n) is 7.13. The molecule has 19 heavy (non-hydrogen) atoms. The van der Waals surface area contributed by atoms with Crippen LogP contribution in [0.4, 0.5) is 0 Å². The van der Waals surface area contributed by atoms with Gasteiger partial charge in [0, 0.05) is 24.6 Å². The van der Waals surface area contributed by atoms with Crippen LogP contribution in [-0.4, -0.2) is 20.8 Å². The highest BCUT2D eigenvalue weighted by Crippen LogP contribution is 2.44. The number of nitrogens with two attached hydrogens (primary N) is 1. The number of hydrogen-bond acceptors (Lipinski definition) is 3. The molecule has 0 bridgehead atoms. The second-order valence-electron chi connectivity index (χ2n) is 5.47. The topological polar surface area (TPSA) is 44.5 Å². The van der Waals surface area contributed by atoms with E-state index in [1.807, 2.05) is 12.1 Å². The molecule has 1 aromatic rings. The highest BCUT2D eigenvalue weighted by Gasteiger charge is 2.36. The third kappa shape index (κ3) is 2.77. The van der Waals surface area contributed by atoms with Gasteiger partial charge in [0.15, 0.2) is 0 Å². The van der Waals surface area contributed by atoms with Crippen molar-refractivity contribution in [3.8, 4) is 5.75 Å². The molecule has 0 atom stereocenters. The lowest BCUT2D eigenvalue weighted by Crippen LogP contribution is -2.38. The molecule has 2 rings (SSSR count). The Morgan fingerprint density at radius 2 is 1.89 bits per heavy atom. The predicted octanol–water partition coefficient (Wildman–Crippen LogP) is 3.00. The minimum Gasteiger partial charge on any atom is -0.496 e. The van der Waals surface area contributed by atoms with E-state index in [2.05, 4.69) is 6.07 Å². The summed E-state index contributed by atoms with van der Waals surface area (Å²) >= 11 is 0. The maximum atomic E-state index is 6.16. The fraction of sp³-hybridized carbons (Fsp3) is 0.625. The monoisotopic (exact) mass is 263 g/mol. The van der Waals surface area contributed by atoms with Crippen molar-refractivity contribution in [3.05, 3.63) is 29.3 Å². The summed E-state index contributed by atoms with van der Waals surface area (Å²) in [5.74, 6) is 0.960. The molecule has 1 aliphatic rings. The SMILES string of the molecule is COCc1cccc(OC)c1C1(CN)CCCCC1. The van der Waals surface area contributed by atoms with E-state index in [-0.39, 0.29) is 5.41 Å². The van der Waals surface area contributed by atoms with Crippen LogP contribution in [0.1, 0.15) is 43.2 Å². The van der Waals surface area contributed by atoms with Crippen molar-refractivity contribution >= 4 is 0 Å². The van der Waals surface area contributed by atoms with Crippen molar-refractivity contribution in [1.82, 2.24) is 0 Å². The maximum absolute atomic E-state index is 6.16. The summed E-state index contributed by atoms with van der Waals surface area (Å²) in [5.41, 5.74) is 8.73. The molecular formula is C16H25NO2. The zero-order valence-corrected chi connectivity index (χ0v) is 12.1. The summed E-state index contributed by atoms with van der Waals surface area (Å²) in [6.07, 6.45) is 6.13. The molecule has 0 radical (unpaired) electrons. The van der Waals surface area contributed by atoms with Gasteiger partial charge >= 0.3 is 0 Å². The zero-order chi connectivity index (χ0) is 13.7. The summed E-state index contributed by atoms with van der Waals surface area (Å²) < 4.78 is 11.0. The third-order valence-corrected chi connectivity index (χ3v) is 4.36. The fourth-order valence-electron chi connectivity index (χ4n) is 3.41. The fourth-order valence-corrected chi connectivity index (χ4v) is 3.41. The Bertz CT molecular complexity index is 411. The third-order valence-electron chi connectivity index (χ3n) is 4.36. The summed E-state index contributed by atoms with van der Waals surface area (Å²) in [5, 5.41) is 0. The second kappa shape index (κ2) is 6.40. The van der Waals surface area contributed by atoms with Crippen LogP contribution < -0.4 is 10.5 Å². The van der Waals surface area contributed by atoms with E-state index >= 15 is 0 Å². The molecular weight excluding hydrogens is 238 g/mol. The van der Waals surface area contributed by atoms with Crippen molar-refractivity contribution in [1.29, 1.82) is 0 Å². The van der Waals surface area contributed by atoms with Crippen LogP contribution in [0.5, 0.6) is 5.75 Å². The van der Waals surface area contributed by atoms with Crippen molar-refractivity contribution in [2.75, 3.05) is 20.8 Å². The van der Waals surface area contributed by atoms with E-state index in [4.69, 9.17) is 15.2 Å². The highest BCUT2D eigenvalue weighted by atomic mass is 16.5. The molecule has 0 aromatic heterocycles. The number of hydrogen-bond donors (Lipinski definition) is 1. The van der Waals surface area contributed by atoms with E-state index in [0.717, 1.165) is 18.6 Å². The molecule has 0 aliphatic heterocycles. The first-order valence-corrected chi connectivity index (χ1v) is 7.13. The Morgan fingerprint density at radius 1 is 1.16 bits per heavy atom. The van der Waals surface area contributed by atoms with Crippen LogP contribution in [0.15, 0.2) is 18.2 Å². The number of rotatable bonds is 5. The summed E-state index contributed by atoms with van der Waals surface area (Å²) in [6, 6.07) is 6.21. The van der Waals surface area contributed by atoms with Crippen LogP contribution in [0.2, 0.25) is 0 Å². The summed E-state index contributed by atoms with van der Waals surface area (Å²) in [6.45, 7) is 1.30. The molecule has 1 aliphatic carbocycles. The first kappa shape index (κ1) is 14.4. The summed E-state index contributed by atoms with van der Waals surface area (Å²) in [7, 11) is 3.47. The van der Waals surface area contributed by atoms with Gasteiger partial charge in [-0.2, -0.15) is 0 Å². The maximum Gasteiger partial charge on any atom is 0.123 e. The van der Waals surface area contributed by atoms with E-state index in [0.29, 0.717) is 13.2 Å². The lowest BCUT2D eigenvalue weighted by atomic mass is 9.68. The molecule has 0 heterocycles. The van der Waals surface area contributed by atoms with Crippen LogP contribution in [-0.2, 0) is 16.8 Å². The second-order valence-corrected chi connectivity index (χ2v) is 5.47. The average Bonchev–Trinajstić information content (AvgIpc) is 2.48. The normalized spacial score (nSPS) is 18.3. The predicted molar refractivity (Wildman–Crippen MR) is 77.5 cm³/mol. The van der Waals surface area contributed by atoms with E-state index in [1.54, 1.807) is 14.2 Å². The first-order chi connectivity index (χ1) is 9.27. The van der Waals surface area contributed by atoms with E-state index in [9.17, 15) is 0 Å². The number of methoxy groups -OCH3 is 2. The number of ether oxygens (including phenoxy) is 2. The average molecular weight is 263 g/mol. The van der Waals surface area contributed by atoms with Gasteiger partial charge in [-0.15, -0.1) is 0 Å². The van der Waals surface area contributed by atoms with E-state index < -0.39 is 0 Å². The molecule has 1 aromatic carbocycles. The van der Waals surface area contributed by atoms with Gasteiger partial charge in [-0.05, 0) is 24.5 Å². The smallest absolute Gasteiger partial charge is 0.123 e. The Hall–Kier alpha value is -1.06. The van der Waals surface area contributed by atoms with Crippen LogP contribution in [0.3, 0.4) is 0 Å². The molecule has 0 spiro atoms. The lowest BCUT2D eigenvalue weighted by Gasteiger charge is -2.39. The molecule has 0 amide bonds. The van der Waals surface area contributed by atoms with Gasteiger partial charge in [0.1, 0.15) is 5.75 Å². The standard InChI is InChI=1S/C16H25NO2/c1-18-11-13-7-6-8-14(19-2)15(13)16(12-17)9-4-3-5-10-16/h6-8H,3-5,9-12,17H2,1-2H3. The Morgan fingerprint density at radius 3 is 2.47 bits per heavy atom. The molecule has 1 saturated carbocycles. The van der Waals surface area contributed by atoms with E-state index in [1.165, 1.54) is 30.4 Å². The van der Waals surface area contributed by atoms with Crippen LogP contribution >= 0.6 is 0 Å². The largest absolute Gasteiger partial charge is 0.496 e. The van der Waals surface area contributed by atoms with Gasteiger partial charge in [-0.1, -0.05) is 31.4 Å². The van der Waals surface area contributed by atoms with Gasteiger partial charge in [-0.25, -0.2) is 0 Å². The molecule has 3 nitrogen and oxygen atoms in total. The van der Waals surface area contributed by atoms with Crippen LogP contribution in [0, 0.1) is 0 Å². The van der Waals surface area contributed by atoms with Crippen molar-refractivity contribution in [3.63, 3.8) is 0 Å². The lowest BCUT2D eigenvalue weighted by molar-refractivity contribution is 0.180. The summed E-state index contributed by atoms with van der Waals surface area (Å²) in [4.78, 5) is 0. The molecule has 0 saturated heterocycles. The zero-order valence-electron chi connectivity index (χ0n) is 12.1. The van der Waals surface area contributed by atoms with Gasteiger partial charge in [0.05, 0.1) is 13.7 Å². The van der Waals surface area contributed by atoms with Gasteiger partial charge < -0.3 is 15.2 Å². The van der Waals surface area contributed by atoms with Gasteiger partial charge in [0.25, 0.3) is 0 Å². The van der Waals surface area contributed by atoms with Crippen molar-refractivity contribution in [2.24, 2.45) is 5.73 Å². The molecule has 2 N–H and O–H groups in total. The highest BCUT2D eigenvalue weighted by molar-refractivity contribution is 5.46. The van der Waals surface area contributed by atoms with Crippen molar-refractivity contribution < 1.29 is 9.47 Å². The van der Waals surface area contributed by atoms with Gasteiger partial charge in [-0.3, -0.25) is 0 Å². The Labute approximate surface area is 116 Å². The Balaban J connectivity index is 2.50. The quantitative estimate of drug-likeness (QED) is 0.888. The molecule has 1 fully saturated rings. The number of benzene rings is 1. The Kier molecular flexibility index (Phi) is 4.83. The van der Waals surface area contributed by atoms with Crippen LogP contribution in [0.25, 0.3) is 0 Å². The van der Waals surface area contributed by atoms with Gasteiger partial charge in [0.2, 0.25) is 0 Å². The van der Waals surface area contributed by atoms with Crippen molar-refractivity contribution in [2.45, 2.75) is 44.1 Å². The molecule has 3 heteroatoms. The minimum atomic E-state index is 0.0682. The molecule has 0 unspecified atom stereocenters. The molecule has 106 valence electrons.